The topological polar surface area (TPSA) is 49.9 Å². The number of thiocarbonyl (C=S) groups is 1. The van der Waals surface area contributed by atoms with Gasteiger partial charge in [0.2, 0.25) is 0 Å². The Morgan fingerprint density at radius 3 is 2.48 bits per heavy atom. The van der Waals surface area contributed by atoms with Crippen molar-refractivity contribution >= 4 is 40.1 Å². The molecule has 0 aromatic carbocycles. The number of carbonyl (C=O) groups excluding carboxylic acids is 2. The van der Waals surface area contributed by atoms with E-state index in [-0.39, 0.29) is 24.0 Å². The molecular weight excluding hydrogens is 380 g/mol. The summed E-state index contributed by atoms with van der Waals surface area (Å²) in [6.07, 6.45) is 7.98. The van der Waals surface area contributed by atoms with Crippen LogP contribution in [0.4, 0.5) is 0 Å². The second-order valence-electron chi connectivity index (χ2n) is 7.60. The highest BCUT2D eigenvalue weighted by atomic mass is 32.2. The van der Waals surface area contributed by atoms with Crippen LogP contribution in [-0.4, -0.2) is 51.7 Å². The van der Waals surface area contributed by atoms with Crippen LogP contribution in [0.2, 0.25) is 0 Å². The standard InChI is InChI=1S/C20H26N2O3S2/c1-3-21-15-7-5-4-6-14(15)16(18(21)23)17-19(24)22(20(26)27-17)12-8-10-13(25-2)11-9-12/h12-13H,3-11H2,1-2H3/b17-16-. The summed E-state index contributed by atoms with van der Waals surface area (Å²) in [5, 5.41) is 0. The Hall–Kier alpha value is -1.18. The number of methoxy groups -OCH3 is 1. The molecule has 0 N–H and O–H groups in total. The summed E-state index contributed by atoms with van der Waals surface area (Å²) in [7, 11) is 1.75. The van der Waals surface area contributed by atoms with Gasteiger partial charge >= 0.3 is 0 Å². The van der Waals surface area contributed by atoms with Crippen LogP contribution in [-0.2, 0) is 14.3 Å². The van der Waals surface area contributed by atoms with E-state index in [0.717, 1.165) is 62.6 Å². The minimum absolute atomic E-state index is 0.00649. The molecule has 0 unspecified atom stereocenters. The number of hydrogen-bond donors (Lipinski definition) is 0. The van der Waals surface area contributed by atoms with Crippen molar-refractivity contribution in [2.45, 2.75) is 70.4 Å². The Kier molecular flexibility index (Phi) is 5.45. The van der Waals surface area contributed by atoms with Crippen molar-refractivity contribution in [1.29, 1.82) is 0 Å². The van der Waals surface area contributed by atoms with Crippen LogP contribution in [0.1, 0.15) is 58.3 Å². The summed E-state index contributed by atoms with van der Waals surface area (Å²) in [5.74, 6) is -0.0717. The van der Waals surface area contributed by atoms with Gasteiger partial charge in [0.15, 0.2) is 0 Å². The van der Waals surface area contributed by atoms with E-state index in [9.17, 15) is 9.59 Å². The van der Waals surface area contributed by atoms with Crippen molar-refractivity contribution in [3.8, 4) is 0 Å². The predicted molar refractivity (Wildman–Crippen MR) is 110 cm³/mol. The number of rotatable bonds is 3. The quantitative estimate of drug-likeness (QED) is 0.528. The van der Waals surface area contributed by atoms with Gasteiger partial charge in [-0.25, -0.2) is 0 Å². The zero-order chi connectivity index (χ0) is 19.1. The Bertz CT molecular complexity index is 750. The predicted octanol–water partition coefficient (Wildman–Crippen LogP) is 3.75. The number of thioether (sulfide) groups is 1. The molecule has 2 heterocycles. The molecule has 1 saturated carbocycles. The molecule has 0 spiro atoms. The van der Waals surface area contributed by atoms with Gasteiger partial charge in [-0.15, -0.1) is 0 Å². The van der Waals surface area contributed by atoms with Crippen LogP contribution in [0.15, 0.2) is 21.7 Å². The first-order chi connectivity index (χ1) is 13.1. The van der Waals surface area contributed by atoms with Gasteiger partial charge in [-0.3, -0.25) is 14.5 Å². The van der Waals surface area contributed by atoms with Crippen molar-refractivity contribution in [1.82, 2.24) is 9.80 Å². The second-order valence-corrected chi connectivity index (χ2v) is 9.24. The lowest BCUT2D eigenvalue weighted by molar-refractivity contribution is -0.126. The normalized spacial score (nSPS) is 32.0. The molecule has 0 aromatic heterocycles. The van der Waals surface area contributed by atoms with Crippen molar-refractivity contribution in [2.24, 2.45) is 0 Å². The summed E-state index contributed by atoms with van der Waals surface area (Å²) in [5.41, 5.74) is 2.86. The molecule has 7 heteroatoms. The number of hydrogen-bond acceptors (Lipinski definition) is 5. The van der Waals surface area contributed by atoms with E-state index < -0.39 is 0 Å². The highest BCUT2D eigenvalue weighted by Gasteiger charge is 2.45. The molecule has 4 aliphatic rings. The maximum atomic E-state index is 13.3. The van der Waals surface area contributed by atoms with Crippen LogP contribution < -0.4 is 0 Å². The highest BCUT2D eigenvalue weighted by Crippen LogP contribution is 2.46. The number of allylic oxidation sites excluding steroid dienone is 1. The smallest absolute Gasteiger partial charge is 0.267 e. The zero-order valence-electron chi connectivity index (χ0n) is 16.0. The highest BCUT2D eigenvalue weighted by molar-refractivity contribution is 8.26. The van der Waals surface area contributed by atoms with E-state index in [1.165, 1.54) is 11.8 Å². The van der Waals surface area contributed by atoms with E-state index in [4.69, 9.17) is 17.0 Å². The maximum absolute atomic E-state index is 13.3. The summed E-state index contributed by atoms with van der Waals surface area (Å²) in [6, 6.07) is 0.126. The summed E-state index contributed by atoms with van der Waals surface area (Å²) < 4.78 is 6.05. The largest absolute Gasteiger partial charge is 0.381 e. The first-order valence-corrected chi connectivity index (χ1v) is 11.2. The number of carbonyl (C=O) groups is 2. The van der Waals surface area contributed by atoms with Gasteiger partial charge in [-0.2, -0.15) is 0 Å². The lowest BCUT2D eigenvalue weighted by Gasteiger charge is -2.33. The maximum Gasteiger partial charge on any atom is 0.267 e. The van der Waals surface area contributed by atoms with Crippen LogP contribution in [0.3, 0.4) is 0 Å². The molecule has 2 fully saturated rings. The minimum Gasteiger partial charge on any atom is -0.381 e. The number of likely N-dealkylation sites (N-methyl/N-ethyl adjacent to an activating group) is 1. The third-order valence-electron chi connectivity index (χ3n) is 6.21. The monoisotopic (exact) mass is 406 g/mol. The van der Waals surface area contributed by atoms with Crippen LogP contribution in [0, 0.1) is 0 Å². The first-order valence-electron chi connectivity index (χ1n) is 9.93. The van der Waals surface area contributed by atoms with Crippen LogP contribution in [0.5, 0.6) is 0 Å². The van der Waals surface area contributed by atoms with Gasteiger partial charge in [-0.1, -0.05) is 24.0 Å². The lowest BCUT2D eigenvalue weighted by Crippen LogP contribution is -2.42. The van der Waals surface area contributed by atoms with E-state index in [1.54, 1.807) is 12.0 Å². The molecule has 4 rings (SSSR count). The average molecular weight is 407 g/mol. The van der Waals surface area contributed by atoms with E-state index in [2.05, 4.69) is 0 Å². The van der Waals surface area contributed by atoms with Gasteiger partial charge in [-0.05, 0) is 63.9 Å². The summed E-state index contributed by atoms with van der Waals surface area (Å²) in [4.78, 5) is 30.6. The molecule has 1 saturated heterocycles. The molecular formula is C20H26N2O3S2. The molecule has 2 aliphatic heterocycles. The molecule has 0 bridgehead atoms. The Morgan fingerprint density at radius 2 is 1.81 bits per heavy atom. The van der Waals surface area contributed by atoms with E-state index in [1.807, 2.05) is 11.8 Å². The second kappa shape index (κ2) is 7.68. The lowest BCUT2D eigenvalue weighted by atomic mass is 9.91. The first kappa shape index (κ1) is 19.2. The molecule has 0 aromatic rings. The zero-order valence-corrected chi connectivity index (χ0v) is 17.6. The van der Waals surface area contributed by atoms with Crippen LogP contribution >= 0.6 is 24.0 Å². The molecule has 146 valence electrons. The number of ether oxygens (including phenoxy) is 1. The van der Waals surface area contributed by atoms with Gasteiger partial charge in [0.25, 0.3) is 11.8 Å². The van der Waals surface area contributed by atoms with Crippen molar-refractivity contribution in [2.75, 3.05) is 13.7 Å². The molecule has 2 aliphatic carbocycles. The van der Waals surface area contributed by atoms with Crippen molar-refractivity contribution < 1.29 is 14.3 Å². The van der Waals surface area contributed by atoms with Crippen LogP contribution in [0.25, 0.3) is 0 Å². The Balaban J connectivity index is 1.65. The van der Waals surface area contributed by atoms with Gasteiger partial charge in [0, 0.05) is 25.4 Å². The summed E-state index contributed by atoms with van der Waals surface area (Å²) >= 11 is 6.90. The third kappa shape index (κ3) is 3.17. The molecule has 27 heavy (non-hydrogen) atoms. The van der Waals surface area contributed by atoms with Gasteiger partial charge in [0.1, 0.15) is 4.32 Å². The number of nitrogens with zero attached hydrogens (tertiary/aromatic N) is 2. The van der Waals surface area contributed by atoms with Crippen molar-refractivity contribution in [3.05, 3.63) is 21.7 Å². The Labute approximate surface area is 170 Å². The molecule has 5 nitrogen and oxygen atoms in total. The fourth-order valence-corrected chi connectivity index (χ4v) is 6.28. The van der Waals surface area contributed by atoms with Gasteiger partial charge < -0.3 is 9.64 Å². The fourth-order valence-electron chi connectivity index (χ4n) is 4.80. The van der Waals surface area contributed by atoms with Crippen molar-refractivity contribution in [3.63, 3.8) is 0 Å². The SMILES string of the molecule is CCN1C(=O)/C(=C2\SC(=S)N(C3CCC(OC)CC3)C2=O)C2=C1CCCC2. The summed E-state index contributed by atoms with van der Waals surface area (Å²) in [6.45, 7) is 2.65. The minimum atomic E-state index is -0.0652. The average Bonchev–Trinajstić information content (AvgIpc) is 3.13. The van der Waals surface area contributed by atoms with E-state index in [0.29, 0.717) is 21.3 Å². The van der Waals surface area contributed by atoms with Gasteiger partial charge in [0.05, 0.1) is 16.6 Å². The third-order valence-corrected chi connectivity index (χ3v) is 7.61. The Morgan fingerprint density at radius 1 is 1.11 bits per heavy atom. The molecule has 0 radical (unpaired) electrons. The van der Waals surface area contributed by atoms with E-state index >= 15 is 0 Å². The number of amides is 2. The molecule has 0 atom stereocenters. The fraction of sp³-hybridized carbons (Fsp3) is 0.650. The molecule has 2 amide bonds.